The molecular weight excluding hydrogens is 120 g/mol. The summed E-state index contributed by atoms with van der Waals surface area (Å²) in [7, 11) is 0. The van der Waals surface area contributed by atoms with Crippen molar-refractivity contribution in [3.63, 3.8) is 0 Å². The van der Waals surface area contributed by atoms with Gasteiger partial charge in [0.15, 0.2) is 0 Å². The summed E-state index contributed by atoms with van der Waals surface area (Å²) < 4.78 is 0. The fourth-order valence-corrected chi connectivity index (χ4v) is 0.837. The van der Waals surface area contributed by atoms with Crippen LogP contribution in [0.1, 0.15) is 33.1 Å². The van der Waals surface area contributed by atoms with Gasteiger partial charge in [-0.25, -0.2) is 0 Å². The van der Waals surface area contributed by atoms with Crippen molar-refractivity contribution in [1.82, 2.24) is 0 Å². The van der Waals surface area contributed by atoms with Gasteiger partial charge in [-0.05, 0) is 18.8 Å². The van der Waals surface area contributed by atoms with E-state index in [9.17, 15) is 0 Å². The molecule has 1 unspecified atom stereocenters. The molecule has 0 saturated heterocycles. The molecule has 0 bridgehead atoms. The standard InChI is InChI=1S/C10H18/c1-4-6-7-9-10(3)8-5-2/h5,7,9-10H,2,4,6,8H2,1,3H3/b9-7+. The van der Waals surface area contributed by atoms with E-state index in [1.807, 2.05) is 6.08 Å². The number of hydrogen-bond acceptors (Lipinski definition) is 0. The Kier molecular flexibility index (Phi) is 6.25. The highest BCUT2D eigenvalue weighted by atomic mass is 14.0. The molecule has 0 aliphatic heterocycles. The minimum absolute atomic E-state index is 0.670. The number of hydrogen-bond donors (Lipinski definition) is 0. The van der Waals surface area contributed by atoms with Crippen LogP contribution in [-0.4, -0.2) is 0 Å². The molecule has 0 aromatic rings. The van der Waals surface area contributed by atoms with Gasteiger partial charge in [0.05, 0.1) is 0 Å². The summed E-state index contributed by atoms with van der Waals surface area (Å²) in [6.07, 6.45) is 10.1. The van der Waals surface area contributed by atoms with Crippen LogP contribution in [-0.2, 0) is 0 Å². The third-order valence-electron chi connectivity index (χ3n) is 1.46. The maximum Gasteiger partial charge on any atom is -0.0227 e. The summed E-state index contributed by atoms with van der Waals surface area (Å²) in [5.41, 5.74) is 0. The Morgan fingerprint density at radius 3 is 2.70 bits per heavy atom. The molecule has 0 nitrogen and oxygen atoms in total. The minimum atomic E-state index is 0.670. The molecule has 58 valence electrons. The first kappa shape index (κ1) is 9.48. The lowest BCUT2D eigenvalue weighted by atomic mass is 10.1. The van der Waals surface area contributed by atoms with E-state index in [0.29, 0.717) is 5.92 Å². The molecule has 1 atom stereocenters. The van der Waals surface area contributed by atoms with E-state index in [0.717, 1.165) is 6.42 Å². The van der Waals surface area contributed by atoms with E-state index in [1.54, 1.807) is 0 Å². The third-order valence-corrected chi connectivity index (χ3v) is 1.46. The van der Waals surface area contributed by atoms with Crippen LogP contribution in [0.5, 0.6) is 0 Å². The average Bonchev–Trinajstić information content (AvgIpc) is 1.89. The number of unbranched alkanes of at least 4 members (excludes halogenated alkanes) is 1. The van der Waals surface area contributed by atoms with E-state index in [2.05, 4.69) is 32.6 Å². The van der Waals surface area contributed by atoms with Crippen LogP contribution in [0.4, 0.5) is 0 Å². The minimum Gasteiger partial charge on any atom is -0.103 e. The van der Waals surface area contributed by atoms with Crippen molar-refractivity contribution in [3.05, 3.63) is 24.8 Å². The fraction of sp³-hybridized carbons (Fsp3) is 0.600. The quantitative estimate of drug-likeness (QED) is 0.510. The second kappa shape index (κ2) is 6.60. The zero-order valence-corrected chi connectivity index (χ0v) is 7.14. The summed E-state index contributed by atoms with van der Waals surface area (Å²) in [5, 5.41) is 0. The SMILES string of the molecule is C=CCC(C)/C=C/CCC. The Morgan fingerprint density at radius 1 is 1.50 bits per heavy atom. The highest BCUT2D eigenvalue weighted by Gasteiger charge is 1.89. The van der Waals surface area contributed by atoms with Crippen molar-refractivity contribution < 1.29 is 0 Å². The lowest BCUT2D eigenvalue weighted by Crippen LogP contribution is -1.84. The van der Waals surface area contributed by atoms with Crippen molar-refractivity contribution in [2.75, 3.05) is 0 Å². The molecule has 10 heavy (non-hydrogen) atoms. The second-order valence-corrected chi connectivity index (χ2v) is 2.72. The van der Waals surface area contributed by atoms with Crippen LogP contribution >= 0.6 is 0 Å². The molecule has 0 aromatic heterocycles. The highest BCUT2D eigenvalue weighted by molar-refractivity contribution is 4.89. The maximum atomic E-state index is 3.70. The Hall–Kier alpha value is -0.520. The van der Waals surface area contributed by atoms with Gasteiger partial charge in [0.25, 0.3) is 0 Å². The summed E-state index contributed by atoms with van der Waals surface area (Å²) in [4.78, 5) is 0. The first-order valence-electron chi connectivity index (χ1n) is 4.08. The smallest absolute Gasteiger partial charge is 0.0227 e. The van der Waals surface area contributed by atoms with Gasteiger partial charge in [0, 0.05) is 0 Å². The van der Waals surface area contributed by atoms with Gasteiger partial charge >= 0.3 is 0 Å². The van der Waals surface area contributed by atoms with Crippen LogP contribution in [0.15, 0.2) is 24.8 Å². The molecular formula is C10H18. The van der Waals surface area contributed by atoms with Gasteiger partial charge in [-0.3, -0.25) is 0 Å². The fourth-order valence-electron chi connectivity index (χ4n) is 0.837. The lowest BCUT2D eigenvalue weighted by molar-refractivity contribution is 0.739. The molecule has 0 heteroatoms. The van der Waals surface area contributed by atoms with Crippen molar-refractivity contribution >= 4 is 0 Å². The molecule has 0 amide bonds. The first-order valence-corrected chi connectivity index (χ1v) is 4.08. The molecule has 0 rings (SSSR count). The molecule has 0 fully saturated rings. The summed E-state index contributed by atoms with van der Waals surface area (Å²) in [6.45, 7) is 8.11. The zero-order valence-electron chi connectivity index (χ0n) is 7.14. The Morgan fingerprint density at radius 2 is 2.20 bits per heavy atom. The Balaban J connectivity index is 3.34. The summed E-state index contributed by atoms with van der Waals surface area (Å²) in [5.74, 6) is 0.670. The number of rotatable bonds is 5. The molecule has 0 saturated carbocycles. The van der Waals surface area contributed by atoms with Gasteiger partial charge in [0.2, 0.25) is 0 Å². The molecule has 0 aromatic carbocycles. The van der Waals surface area contributed by atoms with E-state index >= 15 is 0 Å². The topological polar surface area (TPSA) is 0 Å². The van der Waals surface area contributed by atoms with Crippen LogP contribution in [0.3, 0.4) is 0 Å². The monoisotopic (exact) mass is 138 g/mol. The van der Waals surface area contributed by atoms with Crippen LogP contribution in [0.2, 0.25) is 0 Å². The number of allylic oxidation sites excluding steroid dienone is 3. The van der Waals surface area contributed by atoms with Crippen molar-refractivity contribution in [3.8, 4) is 0 Å². The molecule has 0 aliphatic rings. The molecule has 0 N–H and O–H groups in total. The largest absolute Gasteiger partial charge is 0.103 e. The van der Waals surface area contributed by atoms with E-state index < -0.39 is 0 Å². The van der Waals surface area contributed by atoms with Gasteiger partial charge in [-0.2, -0.15) is 0 Å². The summed E-state index contributed by atoms with van der Waals surface area (Å²) >= 11 is 0. The van der Waals surface area contributed by atoms with Gasteiger partial charge in [-0.1, -0.05) is 38.5 Å². The predicted octanol–water partition coefficient (Wildman–Crippen LogP) is 3.55. The molecule has 0 aliphatic carbocycles. The van der Waals surface area contributed by atoms with Crippen LogP contribution in [0, 0.1) is 5.92 Å². The highest BCUT2D eigenvalue weighted by Crippen LogP contribution is 2.04. The van der Waals surface area contributed by atoms with Gasteiger partial charge < -0.3 is 0 Å². The lowest BCUT2D eigenvalue weighted by Gasteiger charge is -1.98. The van der Waals surface area contributed by atoms with Gasteiger partial charge in [0.1, 0.15) is 0 Å². The van der Waals surface area contributed by atoms with E-state index in [-0.39, 0.29) is 0 Å². The van der Waals surface area contributed by atoms with Crippen molar-refractivity contribution in [1.29, 1.82) is 0 Å². The third kappa shape index (κ3) is 5.61. The van der Waals surface area contributed by atoms with Crippen molar-refractivity contribution in [2.24, 2.45) is 5.92 Å². The maximum absolute atomic E-state index is 3.70. The predicted molar refractivity (Wildman–Crippen MR) is 48.0 cm³/mol. The molecule has 0 radical (unpaired) electrons. The van der Waals surface area contributed by atoms with E-state index in [1.165, 1.54) is 12.8 Å². The van der Waals surface area contributed by atoms with Crippen LogP contribution < -0.4 is 0 Å². The van der Waals surface area contributed by atoms with Crippen molar-refractivity contribution in [2.45, 2.75) is 33.1 Å². The normalized spacial score (nSPS) is 13.8. The zero-order chi connectivity index (χ0) is 7.82. The average molecular weight is 138 g/mol. The molecule has 0 heterocycles. The van der Waals surface area contributed by atoms with E-state index in [4.69, 9.17) is 0 Å². The molecule has 0 spiro atoms. The van der Waals surface area contributed by atoms with Gasteiger partial charge in [-0.15, -0.1) is 6.58 Å². The Bertz CT molecular complexity index is 101. The first-order chi connectivity index (χ1) is 4.81. The summed E-state index contributed by atoms with van der Waals surface area (Å²) in [6, 6.07) is 0. The van der Waals surface area contributed by atoms with Crippen LogP contribution in [0.25, 0.3) is 0 Å². The Labute approximate surface area is 64.6 Å². The second-order valence-electron chi connectivity index (χ2n) is 2.72.